The number of hydrogen-bond acceptors (Lipinski definition) is 3. The number of fused-ring (bicyclic) bond motifs is 5. The van der Waals surface area contributed by atoms with Gasteiger partial charge in [-0.2, -0.15) is 0 Å². The summed E-state index contributed by atoms with van der Waals surface area (Å²) in [6.45, 7) is 0. The summed E-state index contributed by atoms with van der Waals surface area (Å²) >= 11 is 0. The molecule has 0 bridgehead atoms. The highest BCUT2D eigenvalue weighted by molar-refractivity contribution is 6.20. The van der Waals surface area contributed by atoms with E-state index in [1.165, 1.54) is 59.8 Å². The van der Waals surface area contributed by atoms with Crippen molar-refractivity contribution >= 4 is 43.1 Å². The average Bonchev–Trinajstić information content (AvgIpc) is 3.31. The van der Waals surface area contributed by atoms with Crippen LogP contribution in [0.25, 0.3) is 111 Å². The van der Waals surface area contributed by atoms with Crippen LogP contribution in [0.1, 0.15) is 0 Å². The van der Waals surface area contributed by atoms with Crippen molar-refractivity contribution < 1.29 is 0 Å². The molecular weight excluding hydrogens is 703 g/mol. The van der Waals surface area contributed by atoms with Gasteiger partial charge in [0, 0.05) is 16.7 Å². The van der Waals surface area contributed by atoms with Crippen molar-refractivity contribution in [2.75, 3.05) is 0 Å². The normalized spacial score (nSPS) is 11.4. The summed E-state index contributed by atoms with van der Waals surface area (Å²) in [6, 6.07) is 75.4. The second kappa shape index (κ2) is 14.1. The lowest BCUT2D eigenvalue weighted by molar-refractivity contribution is 1.07. The van der Waals surface area contributed by atoms with Gasteiger partial charge < -0.3 is 0 Å². The van der Waals surface area contributed by atoms with Gasteiger partial charge in [-0.1, -0.05) is 200 Å². The van der Waals surface area contributed by atoms with Crippen molar-refractivity contribution in [2.45, 2.75) is 0 Å². The summed E-state index contributed by atoms with van der Waals surface area (Å²) in [6.07, 6.45) is 0. The molecule has 3 heteroatoms. The highest BCUT2D eigenvalue weighted by Crippen LogP contribution is 2.40. The third-order valence-electron chi connectivity index (χ3n) is 11.3. The zero-order valence-electron chi connectivity index (χ0n) is 31.5. The Hall–Kier alpha value is -7.75. The molecule has 1 aromatic heterocycles. The highest BCUT2D eigenvalue weighted by Gasteiger charge is 2.15. The Morgan fingerprint density at radius 1 is 0.224 bits per heavy atom. The van der Waals surface area contributed by atoms with Crippen molar-refractivity contribution in [3.8, 4) is 67.5 Å². The number of benzene rings is 10. The largest absolute Gasteiger partial charge is 0.208 e. The number of hydrogen-bond donors (Lipinski definition) is 0. The second-order valence-electron chi connectivity index (χ2n) is 14.8. The fraction of sp³-hybridized carbons (Fsp3) is 0. The Kier molecular flexibility index (Phi) is 8.15. The molecule has 0 spiro atoms. The van der Waals surface area contributed by atoms with Crippen LogP contribution in [0.2, 0.25) is 0 Å². The maximum Gasteiger partial charge on any atom is 0.164 e. The molecule has 0 aliphatic carbocycles. The van der Waals surface area contributed by atoms with Gasteiger partial charge in [0.1, 0.15) is 0 Å². The van der Waals surface area contributed by atoms with E-state index in [1.54, 1.807) is 0 Å². The van der Waals surface area contributed by atoms with Crippen LogP contribution in [0.3, 0.4) is 0 Å². The van der Waals surface area contributed by atoms with Gasteiger partial charge in [0.15, 0.2) is 17.5 Å². The van der Waals surface area contributed by atoms with E-state index in [4.69, 9.17) is 15.0 Å². The standard InChI is InChI=1S/C55H35N3/c1-2-14-41(15-3-1)53-56-54(58-55(57-53)45-19-10-18-43(34-45)48-23-11-17-38-12-4-7-20-46(38)48)42-30-26-37(27-31-42)36-24-28-40(29-25-36)52-49-22-9-6-16-44(49)35-51-47-21-8-5-13-39(47)32-33-50(51)52/h1-35H. The summed E-state index contributed by atoms with van der Waals surface area (Å²) in [5, 5.41) is 10.0. The van der Waals surface area contributed by atoms with Gasteiger partial charge in [-0.05, 0) is 88.6 Å². The first-order valence-corrected chi connectivity index (χ1v) is 19.7. The van der Waals surface area contributed by atoms with Gasteiger partial charge in [0.25, 0.3) is 0 Å². The highest BCUT2D eigenvalue weighted by atomic mass is 15.0. The molecule has 3 nitrogen and oxygen atoms in total. The molecule has 11 aromatic rings. The minimum absolute atomic E-state index is 0.636. The molecule has 0 atom stereocenters. The second-order valence-corrected chi connectivity index (χ2v) is 14.8. The zero-order valence-corrected chi connectivity index (χ0v) is 31.5. The molecule has 270 valence electrons. The van der Waals surface area contributed by atoms with Crippen LogP contribution in [0.5, 0.6) is 0 Å². The van der Waals surface area contributed by atoms with Crippen molar-refractivity contribution in [1.82, 2.24) is 15.0 Å². The van der Waals surface area contributed by atoms with E-state index < -0.39 is 0 Å². The van der Waals surface area contributed by atoms with Crippen molar-refractivity contribution in [2.24, 2.45) is 0 Å². The summed E-state index contributed by atoms with van der Waals surface area (Å²) < 4.78 is 0. The Labute approximate surface area is 336 Å². The molecule has 1 heterocycles. The van der Waals surface area contributed by atoms with Crippen LogP contribution >= 0.6 is 0 Å². The number of rotatable bonds is 6. The van der Waals surface area contributed by atoms with Gasteiger partial charge in [-0.3, -0.25) is 0 Å². The first-order chi connectivity index (χ1) is 28.7. The zero-order chi connectivity index (χ0) is 38.4. The van der Waals surface area contributed by atoms with Crippen LogP contribution in [-0.2, 0) is 0 Å². The topological polar surface area (TPSA) is 38.7 Å². The van der Waals surface area contributed by atoms with E-state index in [0.717, 1.165) is 33.4 Å². The van der Waals surface area contributed by atoms with Crippen LogP contribution in [-0.4, -0.2) is 15.0 Å². The molecule has 11 rings (SSSR count). The van der Waals surface area contributed by atoms with Crippen LogP contribution in [0, 0.1) is 0 Å². The molecule has 58 heavy (non-hydrogen) atoms. The summed E-state index contributed by atoms with van der Waals surface area (Å²) in [7, 11) is 0. The van der Waals surface area contributed by atoms with E-state index >= 15 is 0 Å². The lowest BCUT2D eigenvalue weighted by Crippen LogP contribution is -2.00. The molecule has 0 unspecified atom stereocenters. The van der Waals surface area contributed by atoms with E-state index in [2.05, 4.69) is 182 Å². The van der Waals surface area contributed by atoms with Gasteiger partial charge >= 0.3 is 0 Å². The first-order valence-electron chi connectivity index (χ1n) is 19.7. The maximum atomic E-state index is 5.09. The van der Waals surface area contributed by atoms with Gasteiger partial charge in [-0.15, -0.1) is 0 Å². The van der Waals surface area contributed by atoms with Gasteiger partial charge in [-0.25, -0.2) is 15.0 Å². The van der Waals surface area contributed by atoms with E-state index in [9.17, 15) is 0 Å². The average molecular weight is 738 g/mol. The third-order valence-corrected chi connectivity index (χ3v) is 11.3. The van der Waals surface area contributed by atoms with Gasteiger partial charge in [0.05, 0.1) is 0 Å². The molecule has 0 saturated heterocycles. The lowest BCUT2D eigenvalue weighted by Gasteiger charge is -2.14. The third kappa shape index (κ3) is 5.98. The Bertz CT molecular complexity index is 3310. The fourth-order valence-corrected chi connectivity index (χ4v) is 8.43. The number of aromatic nitrogens is 3. The predicted molar refractivity (Wildman–Crippen MR) is 242 cm³/mol. The predicted octanol–water partition coefficient (Wildman–Crippen LogP) is 14.5. The lowest BCUT2D eigenvalue weighted by atomic mass is 9.89. The number of nitrogens with zero attached hydrogens (tertiary/aromatic N) is 3. The molecule has 0 N–H and O–H groups in total. The summed E-state index contributed by atoms with van der Waals surface area (Å²) in [4.78, 5) is 15.1. The molecule has 0 radical (unpaired) electrons. The monoisotopic (exact) mass is 737 g/mol. The van der Waals surface area contributed by atoms with Crippen molar-refractivity contribution in [1.29, 1.82) is 0 Å². The summed E-state index contributed by atoms with van der Waals surface area (Å²) in [5.41, 5.74) is 9.87. The Morgan fingerprint density at radius 2 is 0.707 bits per heavy atom. The van der Waals surface area contributed by atoms with Crippen molar-refractivity contribution in [3.05, 3.63) is 212 Å². The molecule has 0 amide bonds. The minimum atomic E-state index is 0.636. The quantitative estimate of drug-likeness (QED) is 0.126. The fourth-order valence-electron chi connectivity index (χ4n) is 8.43. The van der Waals surface area contributed by atoms with E-state index in [0.29, 0.717) is 17.5 Å². The molecule has 0 aliphatic rings. The van der Waals surface area contributed by atoms with Crippen LogP contribution in [0.15, 0.2) is 212 Å². The van der Waals surface area contributed by atoms with E-state index in [-0.39, 0.29) is 0 Å². The van der Waals surface area contributed by atoms with Crippen LogP contribution in [0.4, 0.5) is 0 Å². The molecule has 10 aromatic carbocycles. The first kappa shape index (κ1) is 33.6. The molecular formula is C55H35N3. The Morgan fingerprint density at radius 3 is 1.43 bits per heavy atom. The van der Waals surface area contributed by atoms with Crippen molar-refractivity contribution in [3.63, 3.8) is 0 Å². The Balaban J connectivity index is 0.958. The molecule has 0 fully saturated rings. The SMILES string of the molecule is c1ccc(-c2nc(-c3ccc(-c4ccc(-c5c6ccccc6cc6c5ccc5ccccc56)cc4)cc3)nc(-c3cccc(-c4cccc5ccccc45)c3)n2)cc1. The van der Waals surface area contributed by atoms with E-state index in [1.807, 2.05) is 30.3 Å². The maximum absolute atomic E-state index is 5.09. The molecule has 0 aliphatic heterocycles. The minimum Gasteiger partial charge on any atom is -0.208 e. The smallest absolute Gasteiger partial charge is 0.164 e. The van der Waals surface area contributed by atoms with Gasteiger partial charge in [0.2, 0.25) is 0 Å². The molecule has 0 saturated carbocycles. The summed E-state index contributed by atoms with van der Waals surface area (Å²) in [5.74, 6) is 1.92. The van der Waals surface area contributed by atoms with Crippen LogP contribution < -0.4 is 0 Å².